The highest BCUT2D eigenvalue weighted by Crippen LogP contribution is 2.40. The zero-order valence-electron chi connectivity index (χ0n) is 14.8. The van der Waals surface area contributed by atoms with Gasteiger partial charge in [0.25, 0.3) is 0 Å². The lowest BCUT2D eigenvalue weighted by Crippen LogP contribution is -2.30. The second kappa shape index (κ2) is 6.95. The number of nitrogens with two attached hydrogens (primary N) is 1. The Morgan fingerprint density at radius 3 is 2.71 bits per heavy atom. The fourth-order valence-electron chi connectivity index (χ4n) is 3.63. The van der Waals surface area contributed by atoms with Crippen LogP contribution in [0.1, 0.15) is 11.8 Å². The summed E-state index contributed by atoms with van der Waals surface area (Å²) in [5, 5.41) is 9.73. The van der Waals surface area contributed by atoms with Crippen molar-refractivity contribution in [2.75, 3.05) is 12.3 Å². The van der Waals surface area contributed by atoms with Crippen LogP contribution in [0.25, 0.3) is 17.2 Å². The van der Waals surface area contributed by atoms with E-state index >= 15 is 0 Å². The van der Waals surface area contributed by atoms with E-state index in [-0.39, 0.29) is 6.61 Å². The predicted octanol–water partition coefficient (Wildman–Crippen LogP) is 1.12. The number of aromatic nitrogens is 4. The number of imidazole rings is 1. The Labute approximate surface area is 160 Å². The molecule has 3 aromatic rings. The van der Waals surface area contributed by atoms with Crippen LogP contribution in [0.2, 0.25) is 0 Å². The molecule has 2 aliphatic heterocycles. The molecule has 3 unspecified atom stereocenters. The minimum Gasteiger partial charge on any atom is -0.394 e. The third kappa shape index (κ3) is 2.85. The molecule has 1 aromatic carbocycles. The summed E-state index contributed by atoms with van der Waals surface area (Å²) in [6.07, 6.45) is 4.34. The molecule has 2 saturated heterocycles. The molecular weight excluding hydrogens is 362 g/mol. The third-order valence-corrected chi connectivity index (χ3v) is 4.95. The average Bonchev–Trinajstić information content (AvgIpc) is 3.41. The Morgan fingerprint density at radius 2 is 1.89 bits per heavy atom. The molecule has 0 radical (unpaired) electrons. The van der Waals surface area contributed by atoms with Gasteiger partial charge in [-0.25, -0.2) is 15.0 Å². The Morgan fingerprint density at radius 1 is 1.07 bits per heavy atom. The number of hydrogen-bond acceptors (Lipinski definition) is 8. The normalized spacial score (nSPS) is 29.7. The number of fused-ring (bicyclic) bond motifs is 2. The van der Waals surface area contributed by atoms with Crippen LogP contribution in [0, 0.1) is 0 Å². The lowest BCUT2D eigenvalue weighted by molar-refractivity contribution is -0.133. The smallest absolute Gasteiger partial charge is 0.178 e. The van der Waals surface area contributed by atoms with Gasteiger partial charge in [-0.05, 0) is 11.6 Å². The third-order valence-electron chi connectivity index (χ3n) is 4.95. The second-order valence-corrected chi connectivity index (χ2v) is 6.67. The van der Waals surface area contributed by atoms with Gasteiger partial charge in [0.2, 0.25) is 0 Å². The van der Waals surface area contributed by atoms with Crippen LogP contribution < -0.4 is 5.73 Å². The van der Waals surface area contributed by atoms with Crippen LogP contribution in [0.3, 0.4) is 0 Å². The van der Waals surface area contributed by atoms with E-state index in [4.69, 9.17) is 19.9 Å². The molecule has 0 bridgehead atoms. The molecule has 3 N–H and O–H groups in total. The van der Waals surface area contributed by atoms with Crippen molar-refractivity contribution in [3.05, 3.63) is 54.6 Å². The standard InChI is InChI=1S/C19H19N5O4/c20-17-14-18(22-9-21-17)24(10-23-14)19-16-15(12(8-25)26-19)27-13(28-16)7-6-11-4-2-1-3-5-11/h1-7,9-10,12-13,15-16,19,25H,8H2,(H2,20,21,22)/t12?,13-,15+,16?,19?/m1/s1. The Bertz CT molecular complexity index is 1010. The highest BCUT2D eigenvalue weighted by molar-refractivity contribution is 5.81. The van der Waals surface area contributed by atoms with Crippen molar-refractivity contribution >= 4 is 23.1 Å². The molecule has 0 saturated carbocycles. The van der Waals surface area contributed by atoms with Gasteiger partial charge in [-0.1, -0.05) is 36.4 Å². The average molecular weight is 381 g/mol. The summed E-state index contributed by atoms with van der Waals surface area (Å²) < 4.78 is 19.8. The molecule has 2 aliphatic rings. The topological polar surface area (TPSA) is 118 Å². The quantitative estimate of drug-likeness (QED) is 0.690. The first-order valence-electron chi connectivity index (χ1n) is 8.98. The van der Waals surface area contributed by atoms with Gasteiger partial charge >= 0.3 is 0 Å². The number of aliphatic hydroxyl groups excluding tert-OH is 1. The Kier molecular flexibility index (Phi) is 4.29. The van der Waals surface area contributed by atoms with E-state index in [1.165, 1.54) is 6.33 Å². The first kappa shape index (κ1) is 17.3. The molecule has 2 aromatic heterocycles. The zero-order chi connectivity index (χ0) is 19.1. The van der Waals surface area contributed by atoms with Crippen molar-refractivity contribution in [3.8, 4) is 0 Å². The van der Waals surface area contributed by atoms with Crippen LogP contribution in [0.15, 0.2) is 49.1 Å². The molecular formula is C19H19N5O4. The number of rotatable bonds is 4. The fraction of sp³-hybridized carbons (Fsp3) is 0.316. The second-order valence-electron chi connectivity index (χ2n) is 6.67. The molecule has 28 heavy (non-hydrogen) atoms. The van der Waals surface area contributed by atoms with Gasteiger partial charge in [0.1, 0.15) is 30.2 Å². The van der Waals surface area contributed by atoms with Gasteiger partial charge in [0.15, 0.2) is 24.0 Å². The van der Waals surface area contributed by atoms with Crippen LogP contribution in [0.5, 0.6) is 0 Å². The molecule has 5 rings (SSSR count). The molecule has 144 valence electrons. The highest BCUT2D eigenvalue weighted by atomic mass is 16.8. The van der Waals surface area contributed by atoms with Crippen molar-refractivity contribution in [2.45, 2.75) is 30.8 Å². The lowest BCUT2D eigenvalue weighted by Gasteiger charge is -2.19. The van der Waals surface area contributed by atoms with E-state index in [9.17, 15) is 5.11 Å². The summed E-state index contributed by atoms with van der Waals surface area (Å²) >= 11 is 0. The number of aliphatic hydroxyl groups is 1. The molecule has 0 spiro atoms. The van der Waals surface area contributed by atoms with E-state index in [1.807, 2.05) is 42.5 Å². The highest BCUT2D eigenvalue weighted by Gasteiger charge is 2.53. The number of anilines is 1. The van der Waals surface area contributed by atoms with Gasteiger partial charge in [-0.3, -0.25) is 4.57 Å². The number of ether oxygens (including phenoxy) is 3. The molecule has 9 nitrogen and oxygen atoms in total. The van der Waals surface area contributed by atoms with Crippen molar-refractivity contribution in [1.82, 2.24) is 19.5 Å². The number of benzene rings is 1. The number of nitrogens with zero attached hydrogens (tertiary/aromatic N) is 4. The molecule has 2 fully saturated rings. The van der Waals surface area contributed by atoms with Crippen LogP contribution >= 0.6 is 0 Å². The van der Waals surface area contributed by atoms with Crippen LogP contribution in [0.4, 0.5) is 5.82 Å². The fourth-order valence-corrected chi connectivity index (χ4v) is 3.63. The molecule has 9 heteroatoms. The maximum absolute atomic E-state index is 9.73. The Balaban J connectivity index is 1.42. The first-order valence-corrected chi connectivity index (χ1v) is 8.98. The maximum atomic E-state index is 9.73. The maximum Gasteiger partial charge on any atom is 0.178 e. The van der Waals surface area contributed by atoms with E-state index in [0.29, 0.717) is 17.0 Å². The zero-order valence-corrected chi connectivity index (χ0v) is 14.8. The lowest BCUT2D eigenvalue weighted by atomic mass is 10.1. The monoisotopic (exact) mass is 381 g/mol. The predicted molar refractivity (Wildman–Crippen MR) is 99.7 cm³/mol. The van der Waals surface area contributed by atoms with Gasteiger partial charge < -0.3 is 25.1 Å². The van der Waals surface area contributed by atoms with Crippen LogP contribution in [-0.2, 0) is 14.2 Å². The Hall–Kier alpha value is -2.85. The van der Waals surface area contributed by atoms with Gasteiger partial charge in [-0.2, -0.15) is 0 Å². The summed E-state index contributed by atoms with van der Waals surface area (Å²) in [6.45, 7) is -0.181. The SMILES string of the molecule is Nc1ncnc2c1ncn2C1OC(CO)[C@@H]2O[C@@H](C=Cc3ccccc3)OC12. The van der Waals surface area contributed by atoms with Crippen LogP contribution in [-0.4, -0.2) is 55.8 Å². The molecule has 4 heterocycles. The van der Waals surface area contributed by atoms with Crippen molar-refractivity contribution < 1.29 is 19.3 Å². The molecule has 5 atom stereocenters. The van der Waals surface area contributed by atoms with Gasteiger partial charge in [0, 0.05) is 0 Å². The van der Waals surface area contributed by atoms with E-state index in [1.54, 1.807) is 10.9 Å². The minimum atomic E-state index is -0.545. The van der Waals surface area contributed by atoms with E-state index in [2.05, 4.69) is 15.0 Å². The summed E-state index contributed by atoms with van der Waals surface area (Å²) in [4.78, 5) is 12.5. The van der Waals surface area contributed by atoms with Crippen molar-refractivity contribution in [2.24, 2.45) is 0 Å². The summed E-state index contributed by atoms with van der Waals surface area (Å²) in [6, 6.07) is 9.89. The van der Waals surface area contributed by atoms with E-state index < -0.39 is 30.8 Å². The molecule has 0 aliphatic carbocycles. The minimum absolute atomic E-state index is 0.181. The summed E-state index contributed by atoms with van der Waals surface area (Å²) in [7, 11) is 0. The van der Waals surface area contributed by atoms with Crippen molar-refractivity contribution in [3.63, 3.8) is 0 Å². The van der Waals surface area contributed by atoms with Gasteiger partial charge in [-0.15, -0.1) is 0 Å². The summed E-state index contributed by atoms with van der Waals surface area (Å²) in [5.74, 6) is 0.296. The summed E-state index contributed by atoms with van der Waals surface area (Å²) in [5.41, 5.74) is 7.96. The first-order chi connectivity index (χ1) is 13.7. The number of nitrogen functional groups attached to an aromatic ring is 1. The molecule has 0 amide bonds. The van der Waals surface area contributed by atoms with Crippen molar-refractivity contribution in [1.29, 1.82) is 0 Å². The van der Waals surface area contributed by atoms with Gasteiger partial charge in [0.05, 0.1) is 12.9 Å². The van der Waals surface area contributed by atoms with E-state index in [0.717, 1.165) is 5.56 Å². The largest absolute Gasteiger partial charge is 0.394 e. The number of hydrogen-bond donors (Lipinski definition) is 2.